The Hall–Kier alpha value is -1.22. The van der Waals surface area contributed by atoms with E-state index in [4.69, 9.17) is 9.47 Å². The molecule has 1 aromatic carbocycles. The standard InChI is InChI=1S/C15H25NO2/c1-5-10-16-13(6-2)12-8-9-14(18-7-3)15(11-12)17-4/h8-9,11,13,16H,5-7,10H2,1-4H3/t13-/m0/s1. The Labute approximate surface area is 110 Å². The topological polar surface area (TPSA) is 30.5 Å². The average molecular weight is 251 g/mol. The summed E-state index contributed by atoms with van der Waals surface area (Å²) in [6.07, 6.45) is 2.21. The highest BCUT2D eigenvalue weighted by atomic mass is 16.5. The summed E-state index contributed by atoms with van der Waals surface area (Å²) < 4.78 is 10.9. The van der Waals surface area contributed by atoms with Crippen LogP contribution >= 0.6 is 0 Å². The second-order valence-corrected chi connectivity index (χ2v) is 4.26. The monoisotopic (exact) mass is 251 g/mol. The molecule has 0 fully saturated rings. The van der Waals surface area contributed by atoms with Crippen LogP contribution in [0.25, 0.3) is 0 Å². The molecule has 3 nitrogen and oxygen atoms in total. The summed E-state index contributed by atoms with van der Waals surface area (Å²) in [5.74, 6) is 1.63. The van der Waals surface area contributed by atoms with Crippen LogP contribution in [-0.2, 0) is 0 Å². The highest BCUT2D eigenvalue weighted by molar-refractivity contribution is 5.43. The Bertz CT molecular complexity index is 352. The molecule has 1 rings (SSSR count). The van der Waals surface area contributed by atoms with E-state index in [1.54, 1.807) is 7.11 Å². The predicted molar refractivity (Wildman–Crippen MR) is 75.5 cm³/mol. The fourth-order valence-corrected chi connectivity index (χ4v) is 1.99. The zero-order valence-corrected chi connectivity index (χ0v) is 12.0. The van der Waals surface area contributed by atoms with E-state index in [2.05, 4.69) is 31.3 Å². The van der Waals surface area contributed by atoms with Gasteiger partial charge >= 0.3 is 0 Å². The summed E-state index contributed by atoms with van der Waals surface area (Å²) in [6, 6.07) is 6.56. The summed E-state index contributed by atoms with van der Waals surface area (Å²) >= 11 is 0. The lowest BCUT2D eigenvalue weighted by Crippen LogP contribution is -2.21. The van der Waals surface area contributed by atoms with Gasteiger partial charge in [0.15, 0.2) is 11.5 Å². The van der Waals surface area contributed by atoms with E-state index in [1.165, 1.54) is 5.56 Å². The summed E-state index contributed by atoms with van der Waals surface area (Å²) in [4.78, 5) is 0. The van der Waals surface area contributed by atoms with Crippen LogP contribution in [0, 0.1) is 0 Å². The first-order valence-corrected chi connectivity index (χ1v) is 6.80. The maximum Gasteiger partial charge on any atom is 0.161 e. The lowest BCUT2D eigenvalue weighted by Gasteiger charge is -2.19. The van der Waals surface area contributed by atoms with Crippen LogP contribution in [0.15, 0.2) is 18.2 Å². The van der Waals surface area contributed by atoms with Gasteiger partial charge in [-0.3, -0.25) is 0 Å². The van der Waals surface area contributed by atoms with Gasteiger partial charge in [0.25, 0.3) is 0 Å². The smallest absolute Gasteiger partial charge is 0.161 e. The van der Waals surface area contributed by atoms with E-state index in [-0.39, 0.29) is 0 Å². The minimum atomic E-state index is 0.384. The third-order valence-corrected chi connectivity index (χ3v) is 2.94. The molecule has 102 valence electrons. The van der Waals surface area contributed by atoms with Crippen LogP contribution in [0.2, 0.25) is 0 Å². The second kappa shape index (κ2) is 7.98. The molecule has 0 heterocycles. The van der Waals surface area contributed by atoms with Crippen molar-refractivity contribution in [3.8, 4) is 11.5 Å². The van der Waals surface area contributed by atoms with E-state index in [9.17, 15) is 0 Å². The predicted octanol–water partition coefficient (Wildman–Crippen LogP) is 3.54. The fourth-order valence-electron chi connectivity index (χ4n) is 1.99. The normalized spacial score (nSPS) is 12.2. The van der Waals surface area contributed by atoms with Crippen LogP contribution in [0.5, 0.6) is 11.5 Å². The average Bonchev–Trinajstić information content (AvgIpc) is 2.41. The molecule has 18 heavy (non-hydrogen) atoms. The molecule has 0 aliphatic rings. The van der Waals surface area contributed by atoms with Gasteiger partial charge in [-0.25, -0.2) is 0 Å². The SMILES string of the molecule is CCCN[C@@H](CC)c1ccc(OCC)c(OC)c1. The number of methoxy groups -OCH3 is 1. The van der Waals surface area contributed by atoms with Gasteiger partial charge in [-0.15, -0.1) is 0 Å². The summed E-state index contributed by atoms with van der Waals surface area (Å²) in [6.45, 7) is 8.04. The van der Waals surface area contributed by atoms with E-state index in [1.807, 2.05) is 13.0 Å². The lowest BCUT2D eigenvalue weighted by molar-refractivity contribution is 0.310. The molecule has 1 atom stereocenters. The van der Waals surface area contributed by atoms with Crippen LogP contribution in [0.1, 0.15) is 45.2 Å². The van der Waals surface area contributed by atoms with Crippen molar-refractivity contribution in [2.75, 3.05) is 20.3 Å². The summed E-state index contributed by atoms with van der Waals surface area (Å²) in [7, 11) is 1.68. The van der Waals surface area contributed by atoms with E-state index in [0.29, 0.717) is 12.6 Å². The van der Waals surface area contributed by atoms with Gasteiger partial charge in [-0.2, -0.15) is 0 Å². The largest absolute Gasteiger partial charge is 0.493 e. The minimum absolute atomic E-state index is 0.384. The van der Waals surface area contributed by atoms with Gasteiger partial charge < -0.3 is 14.8 Å². The molecule has 0 saturated heterocycles. The van der Waals surface area contributed by atoms with Gasteiger partial charge in [-0.1, -0.05) is 19.9 Å². The fraction of sp³-hybridized carbons (Fsp3) is 0.600. The van der Waals surface area contributed by atoms with Crippen LogP contribution in [0.3, 0.4) is 0 Å². The Morgan fingerprint density at radius 2 is 1.94 bits per heavy atom. The van der Waals surface area contributed by atoms with Gasteiger partial charge in [0, 0.05) is 6.04 Å². The first kappa shape index (κ1) is 14.8. The van der Waals surface area contributed by atoms with Crippen molar-refractivity contribution >= 4 is 0 Å². The highest BCUT2D eigenvalue weighted by Crippen LogP contribution is 2.31. The van der Waals surface area contributed by atoms with Crippen molar-refractivity contribution in [3.63, 3.8) is 0 Å². The maximum atomic E-state index is 5.53. The minimum Gasteiger partial charge on any atom is -0.493 e. The van der Waals surface area contributed by atoms with Crippen LogP contribution < -0.4 is 14.8 Å². The number of benzene rings is 1. The molecular formula is C15H25NO2. The van der Waals surface area contributed by atoms with Crippen LogP contribution in [0.4, 0.5) is 0 Å². The maximum absolute atomic E-state index is 5.53. The molecule has 0 aliphatic carbocycles. The zero-order chi connectivity index (χ0) is 13.4. The molecule has 0 aromatic heterocycles. The first-order chi connectivity index (χ1) is 8.76. The molecule has 0 saturated carbocycles. The molecule has 1 aromatic rings. The van der Waals surface area contributed by atoms with Crippen LogP contribution in [-0.4, -0.2) is 20.3 Å². The molecular weight excluding hydrogens is 226 g/mol. The molecule has 1 N–H and O–H groups in total. The summed E-state index contributed by atoms with van der Waals surface area (Å²) in [5.41, 5.74) is 1.26. The first-order valence-electron chi connectivity index (χ1n) is 6.80. The second-order valence-electron chi connectivity index (χ2n) is 4.26. The third-order valence-electron chi connectivity index (χ3n) is 2.94. The lowest BCUT2D eigenvalue weighted by atomic mass is 10.0. The van der Waals surface area contributed by atoms with Gasteiger partial charge in [0.05, 0.1) is 13.7 Å². The Balaban J connectivity index is 2.88. The molecule has 0 amide bonds. The Morgan fingerprint density at radius 1 is 1.17 bits per heavy atom. The molecule has 0 unspecified atom stereocenters. The number of hydrogen-bond donors (Lipinski definition) is 1. The zero-order valence-electron chi connectivity index (χ0n) is 12.0. The van der Waals surface area contributed by atoms with Gasteiger partial charge in [0.1, 0.15) is 0 Å². The number of rotatable bonds is 8. The highest BCUT2D eigenvalue weighted by Gasteiger charge is 2.12. The third kappa shape index (κ3) is 3.91. The molecule has 0 radical (unpaired) electrons. The van der Waals surface area contributed by atoms with Crippen molar-refractivity contribution in [1.29, 1.82) is 0 Å². The van der Waals surface area contributed by atoms with E-state index in [0.717, 1.165) is 30.9 Å². The van der Waals surface area contributed by atoms with Crippen molar-refractivity contribution in [3.05, 3.63) is 23.8 Å². The molecule has 0 spiro atoms. The summed E-state index contributed by atoms with van der Waals surface area (Å²) in [5, 5.41) is 3.54. The van der Waals surface area contributed by atoms with Gasteiger partial charge in [-0.05, 0) is 44.0 Å². The van der Waals surface area contributed by atoms with Crippen molar-refractivity contribution < 1.29 is 9.47 Å². The Kier molecular flexibility index (Phi) is 6.58. The number of hydrogen-bond acceptors (Lipinski definition) is 3. The van der Waals surface area contributed by atoms with Crippen molar-refractivity contribution in [1.82, 2.24) is 5.32 Å². The number of nitrogens with one attached hydrogen (secondary N) is 1. The van der Waals surface area contributed by atoms with Crippen molar-refractivity contribution in [2.24, 2.45) is 0 Å². The number of ether oxygens (including phenoxy) is 2. The molecule has 0 aliphatic heterocycles. The van der Waals surface area contributed by atoms with E-state index >= 15 is 0 Å². The Morgan fingerprint density at radius 3 is 2.50 bits per heavy atom. The van der Waals surface area contributed by atoms with Crippen molar-refractivity contribution in [2.45, 2.75) is 39.7 Å². The molecule has 0 bridgehead atoms. The van der Waals surface area contributed by atoms with Gasteiger partial charge in [0.2, 0.25) is 0 Å². The van der Waals surface area contributed by atoms with E-state index < -0.39 is 0 Å². The quantitative estimate of drug-likeness (QED) is 0.766. The molecule has 3 heteroatoms.